The number of nitrogens with one attached hydrogen (secondary N) is 1. The molecule has 0 aromatic carbocycles. The maximum absolute atomic E-state index is 12.9. The Bertz CT molecular complexity index is 284. The summed E-state index contributed by atoms with van der Waals surface area (Å²) in [6, 6.07) is 0. The Morgan fingerprint density at radius 1 is 1.31 bits per heavy atom. The molecular formula is C10H14F3NO2. The zero-order valence-electron chi connectivity index (χ0n) is 8.77. The fourth-order valence-electron chi connectivity index (χ4n) is 2.64. The highest BCUT2D eigenvalue weighted by molar-refractivity contribution is 5.77. The van der Waals surface area contributed by atoms with Crippen LogP contribution in [-0.4, -0.2) is 31.8 Å². The van der Waals surface area contributed by atoms with E-state index in [1.54, 1.807) is 0 Å². The fourth-order valence-corrected chi connectivity index (χ4v) is 2.64. The molecule has 1 atom stereocenters. The van der Waals surface area contributed by atoms with Gasteiger partial charge in [0.25, 0.3) is 0 Å². The topological polar surface area (TPSA) is 38.3 Å². The molecule has 2 aliphatic heterocycles. The Kier molecular flexibility index (Phi) is 2.86. The molecule has 1 amide bonds. The van der Waals surface area contributed by atoms with Crippen molar-refractivity contribution in [3.8, 4) is 0 Å². The van der Waals surface area contributed by atoms with E-state index in [9.17, 15) is 18.0 Å². The third-order valence-electron chi connectivity index (χ3n) is 3.65. The first kappa shape index (κ1) is 11.7. The molecule has 0 unspecified atom stereocenters. The molecule has 0 saturated carbocycles. The van der Waals surface area contributed by atoms with E-state index in [2.05, 4.69) is 5.32 Å². The molecule has 1 spiro atoms. The minimum atomic E-state index is -4.30. The monoisotopic (exact) mass is 237 g/mol. The summed E-state index contributed by atoms with van der Waals surface area (Å²) in [6.07, 6.45) is -3.99. The van der Waals surface area contributed by atoms with Gasteiger partial charge in [0.15, 0.2) is 0 Å². The quantitative estimate of drug-likeness (QED) is 0.693. The predicted molar refractivity (Wildman–Crippen MR) is 49.7 cm³/mol. The van der Waals surface area contributed by atoms with E-state index in [-0.39, 0.29) is 6.54 Å². The molecule has 92 valence electrons. The highest BCUT2D eigenvalue weighted by Crippen LogP contribution is 2.49. The minimum absolute atomic E-state index is 0.124. The van der Waals surface area contributed by atoms with Crippen LogP contribution in [0.25, 0.3) is 0 Å². The lowest BCUT2D eigenvalue weighted by atomic mass is 9.66. The van der Waals surface area contributed by atoms with Crippen molar-refractivity contribution in [1.29, 1.82) is 0 Å². The van der Waals surface area contributed by atoms with Gasteiger partial charge in [0.05, 0.1) is 5.92 Å². The Morgan fingerprint density at radius 3 is 2.50 bits per heavy atom. The van der Waals surface area contributed by atoms with Crippen molar-refractivity contribution in [3.05, 3.63) is 0 Å². The van der Waals surface area contributed by atoms with Gasteiger partial charge in [0.2, 0.25) is 5.91 Å². The normalized spacial score (nSPS) is 30.2. The Labute approximate surface area is 91.3 Å². The lowest BCUT2D eigenvalue weighted by Gasteiger charge is -2.46. The minimum Gasteiger partial charge on any atom is -0.381 e. The van der Waals surface area contributed by atoms with Gasteiger partial charge in [-0.25, -0.2) is 0 Å². The second-order valence-electron chi connectivity index (χ2n) is 4.55. The number of ether oxygens (including phenoxy) is 1. The molecule has 16 heavy (non-hydrogen) atoms. The number of piperidine rings is 1. The number of halogens is 3. The van der Waals surface area contributed by atoms with Crippen LogP contribution in [0.1, 0.15) is 19.3 Å². The zero-order chi connectivity index (χ0) is 11.8. The molecule has 6 heteroatoms. The molecule has 2 heterocycles. The van der Waals surface area contributed by atoms with Crippen molar-refractivity contribution >= 4 is 5.91 Å². The van der Waals surface area contributed by atoms with Crippen molar-refractivity contribution in [2.45, 2.75) is 25.4 Å². The van der Waals surface area contributed by atoms with Crippen LogP contribution in [-0.2, 0) is 9.53 Å². The van der Waals surface area contributed by atoms with Crippen molar-refractivity contribution < 1.29 is 22.7 Å². The van der Waals surface area contributed by atoms with Crippen molar-refractivity contribution in [3.63, 3.8) is 0 Å². The summed E-state index contributed by atoms with van der Waals surface area (Å²) in [7, 11) is 0. The summed E-state index contributed by atoms with van der Waals surface area (Å²) in [5.41, 5.74) is -0.843. The Morgan fingerprint density at radius 2 is 1.94 bits per heavy atom. The molecule has 3 nitrogen and oxygen atoms in total. The standard InChI is InChI=1S/C10H14F3NO2/c11-10(12,13)7-5-8(15)14-6-9(7)1-3-16-4-2-9/h7H,1-6H2,(H,14,15)/t7-/m1/s1. The number of hydrogen-bond donors (Lipinski definition) is 1. The number of carbonyl (C=O) groups excluding carboxylic acids is 1. The molecule has 2 saturated heterocycles. The fraction of sp³-hybridized carbons (Fsp3) is 0.900. The summed E-state index contributed by atoms with van der Waals surface area (Å²) in [4.78, 5) is 11.1. The average Bonchev–Trinajstić information content (AvgIpc) is 2.22. The lowest BCUT2D eigenvalue weighted by Crippen LogP contribution is -2.56. The Hall–Kier alpha value is -0.780. The lowest BCUT2D eigenvalue weighted by molar-refractivity contribution is -0.226. The maximum Gasteiger partial charge on any atom is 0.392 e. The van der Waals surface area contributed by atoms with Gasteiger partial charge in [0.1, 0.15) is 0 Å². The molecule has 2 rings (SSSR count). The largest absolute Gasteiger partial charge is 0.392 e. The third-order valence-corrected chi connectivity index (χ3v) is 3.65. The summed E-state index contributed by atoms with van der Waals surface area (Å²) in [5, 5.41) is 2.55. The van der Waals surface area contributed by atoms with Crippen LogP contribution in [0.15, 0.2) is 0 Å². The van der Waals surface area contributed by atoms with Gasteiger partial charge in [0, 0.05) is 31.6 Å². The third kappa shape index (κ3) is 2.03. The van der Waals surface area contributed by atoms with Gasteiger partial charge in [-0.3, -0.25) is 4.79 Å². The summed E-state index contributed by atoms with van der Waals surface area (Å²) in [6.45, 7) is 0.824. The maximum atomic E-state index is 12.9. The summed E-state index contributed by atoms with van der Waals surface area (Å²) in [5.74, 6) is -2.02. The SMILES string of the molecule is O=C1C[C@@H](C(F)(F)F)C2(CCOCC2)CN1. The van der Waals surface area contributed by atoms with E-state index in [1.807, 2.05) is 0 Å². The van der Waals surface area contributed by atoms with Gasteiger partial charge in [-0.1, -0.05) is 0 Å². The number of carbonyl (C=O) groups is 1. The van der Waals surface area contributed by atoms with Crippen molar-refractivity contribution in [2.75, 3.05) is 19.8 Å². The molecular weight excluding hydrogens is 223 g/mol. The summed E-state index contributed by atoms with van der Waals surface area (Å²) >= 11 is 0. The van der Waals surface area contributed by atoms with Crippen molar-refractivity contribution in [2.24, 2.45) is 11.3 Å². The first-order valence-electron chi connectivity index (χ1n) is 5.35. The molecule has 0 aromatic heterocycles. The average molecular weight is 237 g/mol. The van der Waals surface area contributed by atoms with Crippen LogP contribution in [0, 0.1) is 11.3 Å². The van der Waals surface area contributed by atoms with Crippen LogP contribution in [0.5, 0.6) is 0 Å². The van der Waals surface area contributed by atoms with Gasteiger partial charge in [-0.2, -0.15) is 13.2 Å². The van der Waals surface area contributed by atoms with Crippen molar-refractivity contribution in [1.82, 2.24) is 5.32 Å². The molecule has 2 aliphatic rings. The predicted octanol–water partition coefficient (Wildman–Crippen LogP) is 1.48. The summed E-state index contributed by atoms with van der Waals surface area (Å²) < 4.78 is 43.9. The van der Waals surface area contributed by atoms with E-state index in [4.69, 9.17) is 4.74 Å². The second kappa shape index (κ2) is 3.91. The van der Waals surface area contributed by atoms with E-state index < -0.39 is 29.8 Å². The van der Waals surface area contributed by atoms with Crippen LogP contribution >= 0.6 is 0 Å². The number of amides is 1. The number of hydrogen-bond acceptors (Lipinski definition) is 2. The van der Waals surface area contributed by atoms with Gasteiger partial charge in [-0.15, -0.1) is 0 Å². The molecule has 0 aliphatic carbocycles. The van der Waals surface area contributed by atoms with E-state index >= 15 is 0 Å². The van der Waals surface area contributed by atoms with Crippen LogP contribution in [0.2, 0.25) is 0 Å². The molecule has 2 fully saturated rings. The smallest absolute Gasteiger partial charge is 0.381 e. The van der Waals surface area contributed by atoms with Gasteiger partial charge < -0.3 is 10.1 Å². The molecule has 1 N–H and O–H groups in total. The van der Waals surface area contributed by atoms with Crippen LogP contribution in [0.4, 0.5) is 13.2 Å². The second-order valence-corrected chi connectivity index (χ2v) is 4.55. The first-order chi connectivity index (χ1) is 7.44. The number of alkyl halides is 3. The highest BCUT2D eigenvalue weighted by Gasteiger charge is 2.56. The van der Waals surface area contributed by atoms with Gasteiger partial charge in [-0.05, 0) is 12.8 Å². The molecule has 0 radical (unpaired) electrons. The number of rotatable bonds is 0. The molecule has 0 aromatic rings. The first-order valence-corrected chi connectivity index (χ1v) is 5.35. The van der Waals surface area contributed by atoms with E-state index in [0.717, 1.165) is 0 Å². The Balaban J connectivity index is 2.23. The van der Waals surface area contributed by atoms with E-state index in [1.165, 1.54) is 0 Å². The van der Waals surface area contributed by atoms with Crippen LogP contribution < -0.4 is 5.32 Å². The van der Waals surface area contributed by atoms with E-state index in [0.29, 0.717) is 26.1 Å². The highest BCUT2D eigenvalue weighted by atomic mass is 19.4. The molecule has 0 bridgehead atoms. The van der Waals surface area contributed by atoms with Crippen LogP contribution in [0.3, 0.4) is 0 Å². The van der Waals surface area contributed by atoms with Gasteiger partial charge >= 0.3 is 6.18 Å². The zero-order valence-corrected chi connectivity index (χ0v) is 8.77.